The number of benzene rings is 1. The van der Waals surface area contributed by atoms with Gasteiger partial charge < -0.3 is 14.6 Å². The Labute approximate surface area is 145 Å². The fraction of sp³-hybridized carbons (Fsp3) is 0.389. The number of non-ortho nitro benzene ring substituents is 1. The summed E-state index contributed by atoms with van der Waals surface area (Å²) in [6, 6.07) is 9.37. The smallest absolute Gasteiger partial charge is 0.287 e. The van der Waals surface area contributed by atoms with Crippen LogP contribution in [0.5, 0.6) is 0 Å². The van der Waals surface area contributed by atoms with Gasteiger partial charge in [0.2, 0.25) is 0 Å². The van der Waals surface area contributed by atoms with E-state index in [0.29, 0.717) is 23.8 Å². The van der Waals surface area contributed by atoms with Crippen LogP contribution < -0.4 is 5.32 Å². The van der Waals surface area contributed by atoms with E-state index >= 15 is 0 Å². The standard InChI is InChI=1S/C18H21N3O4/c1-20-10-2-3-13(12-20)11-19-18(22)17-9-8-16(25-17)14-4-6-15(7-5-14)21(23)24/h4-9,13H,2-3,10-12H2,1H3,(H,19,22)/t13-/m0/s1. The molecule has 1 fully saturated rings. The third kappa shape index (κ3) is 4.24. The molecule has 1 saturated heterocycles. The molecule has 0 radical (unpaired) electrons. The van der Waals surface area contributed by atoms with Gasteiger partial charge in [-0.2, -0.15) is 0 Å². The molecule has 0 bridgehead atoms. The second-order valence-corrected chi connectivity index (χ2v) is 6.45. The normalized spacial score (nSPS) is 18.0. The number of carbonyl (C=O) groups excluding carboxylic acids is 1. The Balaban J connectivity index is 1.60. The minimum atomic E-state index is -0.451. The van der Waals surface area contributed by atoms with Crippen molar-refractivity contribution in [3.05, 3.63) is 52.3 Å². The Morgan fingerprint density at radius 1 is 1.32 bits per heavy atom. The molecule has 2 heterocycles. The molecule has 0 spiro atoms. The number of nitro benzene ring substituents is 1. The van der Waals surface area contributed by atoms with Gasteiger partial charge in [-0.3, -0.25) is 14.9 Å². The van der Waals surface area contributed by atoms with Crippen molar-refractivity contribution in [3.8, 4) is 11.3 Å². The lowest BCUT2D eigenvalue weighted by Gasteiger charge is -2.29. The van der Waals surface area contributed by atoms with Crippen molar-refractivity contribution >= 4 is 11.6 Å². The van der Waals surface area contributed by atoms with E-state index in [9.17, 15) is 14.9 Å². The molecule has 7 nitrogen and oxygen atoms in total. The van der Waals surface area contributed by atoms with Crippen LogP contribution in [0.2, 0.25) is 0 Å². The first-order chi connectivity index (χ1) is 12.0. The summed E-state index contributed by atoms with van der Waals surface area (Å²) >= 11 is 0. The highest BCUT2D eigenvalue weighted by atomic mass is 16.6. The van der Waals surface area contributed by atoms with Gasteiger partial charge in [0.05, 0.1) is 4.92 Å². The van der Waals surface area contributed by atoms with Crippen LogP contribution in [0.1, 0.15) is 23.4 Å². The number of likely N-dealkylation sites (tertiary alicyclic amines) is 1. The van der Waals surface area contributed by atoms with Gasteiger partial charge in [0, 0.05) is 30.8 Å². The maximum atomic E-state index is 12.2. The molecule has 2 aromatic rings. The Morgan fingerprint density at radius 2 is 2.08 bits per heavy atom. The number of rotatable bonds is 5. The number of nitrogens with one attached hydrogen (secondary N) is 1. The Kier molecular flexibility index (Phi) is 5.14. The summed E-state index contributed by atoms with van der Waals surface area (Å²) in [5.41, 5.74) is 0.712. The minimum Gasteiger partial charge on any atom is -0.451 e. The van der Waals surface area contributed by atoms with Gasteiger partial charge >= 0.3 is 0 Å². The average Bonchev–Trinajstić information content (AvgIpc) is 3.10. The fourth-order valence-electron chi connectivity index (χ4n) is 3.13. The predicted molar refractivity (Wildman–Crippen MR) is 93.4 cm³/mol. The van der Waals surface area contributed by atoms with Gasteiger partial charge in [-0.25, -0.2) is 0 Å². The van der Waals surface area contributed by atoms with Crippen LogP contribution in [0.15, 0.2) is 40.8 Å². The zero-order valence-corrected chi connectivity index (χ0v) is 14.1. The number of amides is 1. The van der Waals surface area contributed by atoms with Gasteiger partial charge in [-0.05, 0) is 56.6 Å². The van der Waals surface area contributed by atoms with Crippen molar-refractivity contribution in [2.45, 2.75) is 12.8 Å². The molecule has 1 aliphatic heterocycles. The number of hydrogen-bond donors (Lipinski definition) is 1. The zero-order chi connectivity index (χ0) is 17.8. The van der Waals surface area contributed by atoms with E-state index in [1.54, 1.807) is 24.3 Å². The van der Waals surface area contributed by atoms with E-state index in [4.69, 9.17) is 4.42 Å². The van der Waals surface area contributed by atoms with Crippen molar-refractivity contribution in [2.24, 2.45) is 5.92 Å². The zero-order valence-electron chi connectivity index (χ0n) is 14.1. The molecular formula is C18H21N3O4. The van der Waals surface area contributed by atoms with Crippen LogP contribution in [-0.4, -0.2) is 42.4 Å². The summed E-state index contributed by atoms with van der Waals surface area (Å²) in [5.74, 6) is 0.989. The Morgan fingerprint density at radius 3 is 2.76 bits per heavy atom. The second-order valence-electron chi connectivity index (χ2n) is 6.45. The summed E-state index contributed by atoms with van der Waals surface area (Å²) in [6.07, 6.45) is 2.28. The van der Waals surface area contributed by atoms with Crippen molar-refractivity contribution in [3.63, 3.8) is 0 Å². The molecule has 1 N–H and O–H groups in total. The van der Waals surface area contributed by atoms with Gasteiger partial charge in [0.15, 0.2) is 5.76 Å². The Bertz CT molecular complexity index is 754. The van der Waals surface area contributed by atoms with Crippen molar-refractivity contribution in [1.29, 1.82) is 0 Å². The minimum absolute atomic E-state index is 0.0192. The largest absolute Gasteiger partial charge is 0.451 e. The van der Waals surface area contributed by atoms with E-state index in [-0.39, 0.29) is 17.4 Å². The highest BCUT2D eigenvalue weighted by Gasteiger charge is 2.19. The molecule has 0 saturated carbocycles. The second kappa shape index (κ2) is 7.48. The third-order valence-electron chi connectivity index (χ3n) is 4.47. The first-order valence-electron chi connectivity index (χ1n) is 8.34. The monoisotopic (exact) mass is 343 g/mol. The van der Waals surface area contributed by atoms with Gasteiger partial charge in [-0.1, -0.05) is 0 Å². The molecule has 3 rings (SSSR count). The lowest BCUT2D eigenvalue weighted by molar-refractivity contribution is -0.384. The summed E-state index contributed by atoms with van der Waals surface area (Å²) < 4.78 is 5.60. The van der Waals surface area contributed by atoms with Gasteiger partial charge in [0.25, 0.3) is 11.6 Å². The quantitative estimate of drug-likeness (QED) is 0.666. The SMILES string of the molecule is CN1CCC[C@@H](CNC(=O)c2ccc(-c3ccc([N+](=O)[O-])cc3)o2)C1. The first-order valence-corrected chi connectivity index (χ1v) is 8.34. The molecule has 1 amide bonds. The number of hydrogen-bond acceptors (Lipinski definition) is 5. The number of piperidine rings is 1. The molecule has 1 aromatic carbocycles. The molecular weight excluding hydrogens is 322 g/mol. The van der Waals surface area contributed by atoms with Crippen molar-refractivity contribution in [1.82, 2.24) is 10.2 Å². The highest BCUT2D eigenvalue weighted by molar-refractivity contribution is 5.92. The van der Waals surface area contributed by atoms with E-state index in [2.05, 4.69) is 17.3 Å². The maximum absolute atomic E-state index is 12.2. The van der Waals surface area contributed by atoms with Crippen LogP contribution in [-0.2, 0) is 0 Å². The van der Waals surface area contributed by atoms with Gasteiger partial charge in [-0.15, -0.1) is 0 Å². The highest BCUT2D eigenvalue weighted by Crippen LogP contribution is 2.24. The molecule has 1 atom stereocenters. The summed E-state index contributed by atoms with van der Waals surface area (Å²) in [5, 5.41) is 13.6. The number of nitrogens with zero attached hydrogens (tertiary/aromatic N) is 2. The van der Waals surface area contributed by atoms with E-state index < -0.39 is 4.92 Å². The predicted octanol–water partition coefficient (Wildman–Crippen LogP) is 2.93. The molecule has 1 aromatic heterocycles. The van der Waals surface area contributed by atoms with Crippen molar-refractivity contribution in [2.75, 3.05) is 26.7 Å². The molecule has 1 aliphatic rings. The molecule has 0 aliphatic carbocycles. The van der Waals surface area contributed by atoms with E-state index in [0.717, 1.165) is 25.9 Å². The van der Waals surface area contributed by atoms with Crippen LogP contribution in [0, 0.1) is 16.0 Å². The lowest BCUT2D eigenvalue weighted by Crippen LogP contribution is -2.39. The van der Waals surface area contributed by atoms with Crippen LogP contribution >= 0.6 is 0 Å². The van der Waals surface area contributed by atoms with Crippen LogP contribution in [0.25, 0.3) is 11.3 Å². The van der Waals surface area contributed by atoms with Gasteiger partial charge in [0.1, 0.15) is 5.76 Å². The van der Waals surface area contributed by atoms with Crippen LogP contribution in [0.3, 0.4) is 0 Å². The van der Waals surface area contributed by atoms with Crippen molar-refractivity contribution < 1.29 is 14.1 Å². The fourth-order valence-corrected chi connectivity index (χ4v) is 3.13. The first kappa shape index (κ1) is 17.2. The summed E-state index contributed by atoms with van der Waals surface area (Å²) in [6.45, 7) is 2.74. The van der Waals surface area contributed by atoms with E-state index in [1.807, 2.05) is 0 Å². The van der Waals surface area contributed by atoms with Crippen LogP contribution in [0.4, 0.5) is 5.69 Å². The lowest BCUT2D eigenvalue weighted by atomic mass is 9.98. The average molecular weight is 343 g/mol. The number of carbonyl (C=O) groups is 1. The van der Waals surface area contributed by atoms with E-state index in [1.165, 1.54) is 12.1 Å². The maximum Gasteiger partial charge on any atom is 0.287 e. The topological polar surface area (TPSA) is 88.6 Å². The molecule has 132 valence electrons. The third-order valence-corrected chi connectivity index (χ3v) is 4.47. The number of nitro groups is 1. The molecule has 25 heavy (non-hydrogen) atoms. The summed E-state index contributed by atoms with van der Waals surface area (Å²) in [7, 11) is 2.09. The number of furan rings is 1. The molecule has 7 heteroatoms. The molecule has 0 unspecified atom stereocenters. The summed E-state index contributed by atoms with van der Waals surface area (Å²) in [4.78, 5) is 24.8. The Hall–Kier alpha value is -2.67.